The number of rotatable bonds is 5. The van der Waals surface area contributed by atoms with E-state index in [2.05, 4.69) is 37.6 Å². The van der Waals surface area contributed by atoms with Gasteiger partial charge in [0.25, 0.3) is 0 Å². The second kappa shape index (κ2) is 6.58. The van der Waals surface area contributed by atoms with Gasteiger partial charge in [-0.25, -0.2) is 0 Å². The zero-order valence-electron chi connectivity index (χ0n) is 11.4. The quantitative estimate of drug-likeness (QED) is 0.770. The van der Waals surface area contributed by atoms with E-state index >= 15 is 0 Å². The number of nitrogens with two attached hydrogens (primary N) is 1. The van der Waals surface area contributed by atoms with Crippen molar-refractivity contribution in [2.75, 3.05) is 33.2 Å². The Bertz CT molecular complexity index is 186. The van der Waals surface area contributed by atoms with E-state index in [0.717, 1.165) is 12.6 Å². The van der Waals surface area contributed by atoms with Gasteiger partial charge in [-0.3, -0.25) is 0 Å². The van der Waals surface area contributed by atoms with Crippen molar-refractivity contribution in [1.29, 1.82) is 0 Å². The fourth-order valence-electron chi connectivity index (χ4n) is 2.37. The maximum atomic E-state index is 6.13. The highest BCUT2D eigenvalue weighted by molar-refractivity contribution is 4.80. The van der Waals surface area contributed by atoms with Crippen LogP contribution in [0.2, 0.25) is 0 Å². The van der Waals surface area contributed by atoms with Crippen LogP contribution in [-0.4, -0.2) is 55.1 Å². The molecule has 3 nitrogen and oxygen atoms in total. The van der Waals surface area contributed by atoms with E-state index in [9.17, 15) is 0 Å². The van der Waals surface area contributed by atoms with E-state index in [1.807, 2.05) is 0 Å². The molecule has 0 bridgehead atoms. The van der Waals surface area contributed by atoms with Gasteiger partial charge < -0.3 is 15.5 Å². The summed E-state index contributed by atoms with van der Waals surface area (Å²) in [6, 6.07) is 1.06. The third-order valence-electron chi connectivity index (χ3n) is 3.98. The Labute approximate surface area is 101 Å². The molecule has 0 aromatic carbocycles. The van der Waals surface area contributed by atoms with E-state index in [4.69, 9.17) is 5.73 Å². The fraction of sp³-hybridized carbons (Fsp3) is 1.00. The summed E-state index contributed by atoms with van der Waals surface area (Å²) in [7, 11) is 2.23. The van der Waals surface area contributed by atoms with Gasteiger partial charge in [0, 0.05) is 18.6 Å². The van der Waals surface area contributed by atoms with Gasteiger partial charge in [0.15, 0.2) is 0 Å². The Morgan fingerprint density at radius 1 is 1.31 bits per heavy atom. The van der Waals surface area contributed by atoms with Crippen LogP contribution in [0.25, 0.3) is 0 Å². The van der Waals surface area contributed by atoms with Crippen molar-refractivity contribution in [1.82, 2.24) is 9.80 Å². The van der Waals surface area contributed by atoms with Crippen molar-refractivity contribution in [3.63, 3.8) is 0 Å². The van der Waals surface area contributed by atoms with Gasteiger partial charge in [0.1, 0.15) is 0 Å². The van der Waals surface area contributed by atoms with Gasteiger partial charge >= 0.3 is 0 Å². The predicted octanol–water partition coefficient (Wildman–Crippen LogP) is 1.39. The fourth-order valence-corrected chi connectivity index (χ4v) is 2.37. The Balaban J connectivity index is 2.30. The van der Waals surface area contributed by atoms with Crippen LogP contribution >= 0.6 is 0 Å². The minimum absolute atomic E-state index is 0.314. The molecule has 1 atom stereocenters. The second-order valence-electron chi connectivity index (χ2n) is 5.51. The average molecular weight is 227 g/mol. The van der Waals surface area contributed by atoms with E-state index in [1.54, 1.807) is 0 Å². The minimum atomic E-state index is 0.314. The van der Waals surface area contributed by atoms with Crippen LogP contribution in [-0.2, 0) is 0 Å². The lowest BCUT2D eigenvalue weighted by atomic mass is 10.0. The first-order chi connectivity index (χ1) is 7.54. The van der Waals surface area contributed by atoms with Gasteiger partial charge in [0.05, 0.1) is 0 Å². The van der Waals surface area contributed by atoms with E-state index in [0.29, 0.717) is 12.0 Å². The summed E-state index contributed by atoms with van der Waals surface area (Å²) < 4.78 is 0. The molecule has 1 fully saturated rings. The van der Waals surface area contributed by atoms with Crippen LogP contribution < -0.4 is 5.73 Å². The summed E-state index contributed by atoms with van der Waals surface area (Å²) in [4.78, 5) is 5.00. The smallest absolute Gasteiger partial charge is 0.0191 e. The van der Waals surface area contributed by atoms with Crippen LogP contribution in [0.4, 0.5) is 0 Å². The van der Waals surface area contributed by atoms with Crippen LogP contribution in [0, 0.1) is 5.92 Å². The van der Waals surface area contributed by atoms with E-state index < -0.39 is 0 Å². The highest BCUT2D eigenvalue weighted by Gasteiger charge is 2.23. The topological polar surface area (TPSA) is 32.5 Å². The summed E-state index contributed by atoms with van der Waals surface area (Å²) in [5.74, 6) is 0.582. The van der Waals surface area contributed by atoms with Crippen LogP contribution in [0.5, 0.6) is 0 Å². The summed E-state index contributed by atoms with van der Waals surface area (Å²) in [6.07, 6.45) is 2.60. The highest BCUT2D eigenvalue weighted by Crippen LogP contribution is 2.15. The second-order valence-corrected chi connectivity index (χ2v) is 5.51. The van der Waals surface area contributed by atoms with Crippen molar-refractivity contribution in [2.45, 2.75) is 45.7 Å². The Morgan fingerprint density at radius 3 is 2.31 bits per heavy atom. The summed E-state index contributed by atoms with van der Waals surface area (Å²) in [6.45, 7) is 11.4. The predicted molar refractivity (Wildman–Crippen MR) is 70.6 cm³/mol. The molecule has 1 unspecified atom stereocenters. The van der Waals surface area contributed by atoms with Crippen molar-refractivity contribution < 1.29 is 0 Å². The third kappa shape index (κ3) is 4.04. The van der Waals surface area contributed by atoms with Crippen molar-refractivity contribution in [3.05, 3.63) is 0 Å². The average Bonchev–Trinajstić information content (AvgIpc) is 2.28. The highest BCUT2D eigenvalue weighted by atomic mass is 15.2. The van der Waals surface area contributed by atoms with Gasteiger partial charge in [-0.2, -0.15) is 0 Å². The zero-order chi connectivity index (χ0) is 12.1. The SMILES string of the molecule is CCN1CCC(N(C)CC(N)C(C)C)CC1. The molecule has 1 aliphatic rings. The Morgan fingerprint density at radius 2 is 1.88 bits per heavy atom. The molecule has 16 heavy (non-hydrogen) atoms. The third-order valence-corrected chi connectivity index (χ3v) is 3.98. The molecule has 0 aromatic rings. The molecule has 0 saturated carbocycles. The first kappa shape index (κ1) is 13.9. The van der Waals surface area contributed by atoms with Gasteiger partial charge in [0.2, 0.25) is 0 Å². The number of hydrogen-bond acceptors (Lipinski definition) is 3. The molecule has 0 aromatic heterocycles. The molecule has 0 aliphatic carbocycles. The Kier molecular flexibility index (Phi) is 5.73. The number of piperidine rings is 1. The van der Waals surface area contributed by atoms with E-state index in [-0.39, 0.29) is 0 Å². The largest absolute Gasteiger partial charge is 0.326 e. The normalized spacial score (nSPS) is 21.9. The lowest BCUT2D eigenvalue weighted by molar-refractivity contribution is 0.122. The van der Waals surface area contributed by atoms with Crippen LogP contribution in [0.1, 0.15) is 33.6 Å². The first-order valence-corrected chi connectivity index (χ1v) is 6.72. The molecule has 1 saturated heterocycles. The summed E-state index contributed by atoms with van der Waals surface area (Å²) in [5.41, 5.74) is 6.13. The van der Waals surface area contributed by atoms with Gasteiger partial charge in [-0.1, -0.05) is 20.8 Å². The monoisotopic (exact) mass is 227 g/mol. The van der Waals surface area contributed by atoms with E-state index in [1.165, 1.54) is 32.5 Å². The lowest BCUT2D eigenvalue weighted by Crippen LogP contribution is -2.48. The molecule has 1 heterocycles. The number of hydrogen-bond donors (Lipinski definition) is 1. The van der Waals surface area contributed by atoms with Gasteiger partial charge in [-0.05, 0) is 45.4 Å². The summed E-state index contributed by atoms with van der Waals surface area (Å²) >= 11 is 0. The molecular weight excluding hydrogens is 198 g/mol. The molecule has 3 heteroatoms. The molecule has 0 spiro atoms. The van der Waals surface area contributed by atoms with Crippen molar-refractivity contribution >= 4 is 0 Å². The maximum Gasteiger partial charge on any atom is 0.0191 e. The lowest BCUT2D eigenvalue weighted by Gasteiger charge is -2.37. The Hall–Kier alpha value is -0.120. The van der Waals surface area contributed by atoms with Crippen LogP contribution in [0.3, 0.4) is 0 Å². The molecule has 1 rings (SSSR count). The maximum absolute atomic E-state index is 6.13. The molecule has 2 N–H and O–H groups in total. The van der Waals surface area contributed by atoms with Crippen molar-refractivity contribution in [2.24, 2.45) is 11.7 Å². The van der Waals surface area contributed by atoms with Crippen molar-refractivity contribution in [3.8, 4) is 0 Å². The number of likely N-dealkylation sites (tertiary alicyclic amines) is 1. The van der Waals surface area contributed by atoms with Gasteiger partial charge in [-0.15, -0.1) is 0 Å². The summed E-state index contributed by atoms with van der Waals surface area (Å²) in [5, 5.41) is 0. The molecule has 1 aliphatic heterocycles. The minimum Gasteiger partial charge on any atom is -0.326 e. The molecular formula is C13H29N3. The number of nitrogens with zero attached hydrogens (tertiary/aromatic N) is 2. The first-order valence-electron chi connectivity index (χ1n) is 6.72. The number of likely N-dealkylation sites (N-methyl/N-ethyl adjacent to an activating group) is 1. The molecule has 0 amide bonds. The molecule has 96 valence electrons. The standard InChI is InChI=1S/C13H29N3/c1-5-16-8-6-12(7-9-16)15(4)10-13(14)11(2)3/h11-13H,5-10,14H2,1-4H3. The molecule has 0 radical (unpaired) electrons. The van der Waals surface area contributed by atoms with Crippen LogP contribution in [0.15, 0.2) is 0 Å². The zero-order valence-corrected chi connectivity index (χ0v) is 11.4.